The Balaban J connectivity index is 2.58. The van der Waals surface area contributed by atoms with E-state index in [1.54, 1.807) is 6.92 Å². The van der Waals surface area contributed by atoms with Gasteiger partial charge in [0.15, 0.2) is 0 Å². The van der Waals surface area contributed by atoms with Gasteiger partial charge in [-0.25, -0.2) is 0 Å². The maximum Gasteiger partial charge on any atom is 0.319 e. The number of ether oxygens (including phenoxy) is 1. The van der Waals surface area contributed by atoms with Crippen LogP contribution in [0.3, 0.4) is 0 Å². The number of nitrogens with zero attached hydrogens (tertiary/aromatic N) is 1. The first kappa shape index (κ1) is 14.4. The number of nitro benzene ring substituents is 1. The average Bonchev–Trinajstić information content (AvgIpc) is 2.31. The van der Waals surface area contributed by atoms with E-state index in [1.165, 1.54) is 18.2 Å². The highest BCUT2D eigenvalue weighted by Crippen LogP contribution is 2.21. The summed E-state index contributed by atoms with van der Waals surface area (Å²) in [4.78, 5) is 21.2. The molecule has 0 saturated carbocycles. The molecule has 0 bridgehead atoms. The van der Waals surface area contributed by atoms with Crippen LogP contribution in [0.5, 0.6) is 0 Å². The van der Waals surface area contributed by atoms with E-state index in [0.717, 1.165) is 0 Å². The zero-order chi connectivity index (χ0) is 13.5. The van der Waals surface area contributed by atoms with Crippen molar-refractivity contribution in [2.45, 2.75) is 13.5 Å². The van der Waals surface area contributed by atoms with Crippen molar-refractivity contribution in [3.05, 3.63) is 38.9 Å². The van der Waals surface area contributed by atoms with Gasteiger partial charge in [-0.2, -0.15) is 0 Å². The zero-order valence-corrected chi connectivity index (χ0v) is 10.6. The van der Waals surface area contributed by atoms with Crippen LogP contribution in [-0.4, -0.2) is 24.0 Å². The molecule has 0 spiro atoms. The van der Waals surface area contributed by atoms with Crippen LogP contribution in [0.2, 0.25) is 5.02 Å². The van der Waals surface area contributed by atoms with E-state index >= 15 is 0 Å². The second-order valence-corrected chi connectivity index (χ2v) is 3.85. The van der Waals surface area contributed by atoms with Gasteiger partial charge in [0.1, 0.15) is 0 Å². The van der Waals surface area contributed by atoms with Crippen LogP contribution in [0.15, 0.2) is 18.2 Å². The second-order valence-electron chi connectivity index (χ2n) is 3.44. The van der Waals surface area contributed by atoms with Crippen molar-refractivity contribution >= 4 is 23.3 Å². The number of hydrogen-bond donors (Lipinski definition) is 1. The smallest absolute Gasteiger partial charge is 0.319 e. The van der Waals surface area contributed by atoms with Crippen LogP contribution in [0.1, 0.15) is 12.5 Å². The van der Waals surface area contributed by atoms with E-state index in [4.69, 9.17) is 16.3 Å². The molecule has 1 aromatic rings. The first-order valence-electron chi connectivity index (χ1n) is 5.33. The van der Waals surface area contributed by atoms with Gasteiger partial charge in [-0.15, -0.1) is 0 Å². The van der Waals surface area contributed by atoms with Gasteiger partial charge in [0, 0.05) is 23.7 Å². The first-order chi connectivity index (χ1) is 8.54. The summed E-state index contributed by atoms with van der Waals surface area (Å²) in [6.07, 6.45) is 0. The largest absolute Gasteiger partial charge is 0.465 e. The Morgan fingerprint density at radius 2 is 2.28 bits per heavy atom. The molecule has 0 heterocycles. The molecule has 98 valence electrons. The minimum Gasteiger partial charge on any atom is -0.465 e. The standard InChI is InChI=1S/C11H13ClN2O4/c1-2-18-11(15)7-13-6-8-5-9(14(16)17)3-4-10(8)12/h3-5,13H,2,6-7H2,1H3. The third-order valence-electron chi connectivity index (χ3n) is 2.13. The molecule has 1 aromatic carbocycles. The molecule has 0 aromatic heterocycles. The number of halogens is 1. The minimum absolute atomic E-state index is 0.0346. The lowest BCUT2D eigenvalue weighted by molar-refractivity contribution is -0.384. The van der Waals surface area contributed by atoms with Gasteiger partial charge in [0.05, 0.1) is 18.1 Å². The Bertz CT molecular complexity index is 451. The normalized spacial score (nSPS) is 10.1. The van der Waals surface area contributed by atoms with Gasteiger partial charge in [-0.3, -0.25) is 14.9 Å². The molecule has 18 heavy (non-hydrogen) atoms. The minimum atomic E-state index is -0.495. The summed E-state index contributed by atoms with van der Waals surface area (Å²) >= 11 is 5.90. The molecule has 0 atom stereocenters. The topological polar surface area (TPSA) is 81.5 Å². The number of nitro groups is 1. The van der Waals surface area contributed by atoms with E-state index in [-0.39, 0.29) is 24.7 Å². The molecule has 0 aliphatic rings. The van der Waals surface area contributed by atoms with E-state index in [9.17, 15) is 14.9 Å². The van der Waals surface area contributed by atoms with Crippen molar-refractivity contribution in [3.8, 4) is 0 Å². The third kappa shape index (κ3) is 4.31. The quantitative estimate of drug-likeness (QED) is 0.486. The monoisotopic (exact) mass is 272 g/mol. The molecule has 0 aliphatic heterocycles. The Morgan fingerprint density at radius 1 is 1.56 bits per heavy atom. The summed E-state index contributed by atoms with van der Waals surface area (Å²) in [5.41, 5.74) is 0.530. The van der Waals surface area contributed by atoms with Crippen molar-refractivity contribution in [3.63, 3.8) is 0 Å². The molecular weight excluding hydrogens is 260 g/mol. The fourth-order valence-corrected chi connectivity index (χ4v) is 1.51. The highest BCUT2D eigenvalue weighted by atomic mass is 35.5. The lowest BCUT2D eigenvalue weighted by Crippen LogP contribution is -2.24. The van der Waals surface area contributed by atoms with Crippen LogP contribution in [-0.2, 0) is 16.1 Å². The maximum atomic E-state index is 11.1. The molecule has 7 heteroatoms. The number of non-ortho nitro benzene ring substituents is 1. The van der Waals surface area contributed by atoms with Crippen LogP contribution >= 0.6 is 11.6 Å². The van der Waals surface area contributed by atoms with Crippen LogP contribution in [0.25, 0.3) is 0 Å². The average molecular weight is 273 g/mol. The van der Waals surface area contributed by atoms with E-state index < -0.39 is 4.92 Å². The number of rotatable bonds is 6. The van der Waals surface area contributed by atoms with E-state index in [1.807, 2.05) is 0 Å². The Hall–Kier alpha value is -1.66. The first-order valence-corrected chi connectivity index (χ1v) is 5.71. The van der Waals surface area contributed by atoms with Crippen LogP contribution in [0, 0.1) is 10.1 Å². The van der Waals surface area contributed by atoms with Gasteiger partial charge in [0.25, 0.3) is 5.69 Å². The van der Waals surface area contributed by atoms with Crippen molar-refractivity contribution in [2.24, 2.45) is 0 Å². The number of nitrogens with one attached hydrogen (secondary N) is 1. The van der Waals surface area contributed by atoms with Crippen molar-refractivity contribution in [1.29, 1.82) is 0 Å². The van der Waals surface area contributed by atoms with E-state index in [0.29, 0.717) is 17.2 Å². The highest BCUT2D eigenvalue weighted by Gasteiger charge is 2.10. The molecular formula is C11H13ClN2O4. The Morgan fingerprint density at radius 3 is 2.89 bits per heavy atom. The number of carbonyl (C=O) groups is 1. The molecule has 1 N–H and O–H groups in total. The van der Waals surface area contributed by atoms with Gasteiger partial charge >= 0.3 is 5.97 Å². The lowest BCUT2D eigenvalue weighted by atomic mass is 10.2. The molecule has 0 aliphatic carbocycles. The van der Waals surface area contributed by atoms with Crippen molar-refractivity contribution in [2.75, 3.05) is 13.2 Å². The molecule has 0 saturated heterocycles. The molecule has 0 fully saturated rings. The lowest BCUT2D eigenvalue weighted by Gasteiger charge is -2.06. The fourth-order valence-electron chi connectivity index (χ4n) is 1.32. The third-order valence-corrected chi connectivity index (χ3v) is 2.50. The maximum absolute atomic E-state index is 11.1. The van der Waals surface area contributed by atoms with Crippen LogP contribution < -0.4 is 5.32 Å². The van der Waals surface area contributed by atoms with Gasteiger partial charge < -0.3 is 10.1 Å². The number of benzene rings is 1. The molecule has 1 rings (SSSR count). The molecule has 0 amide bonds. The van der Waals surface area contributed by atoms with Crippen molar-refractivity contribution < 1.29 is 14.5 Å². The predicted molar refractivity (Wildman–Crippen MR) is 66.4 cm³/mol. The summed E-state index contributed by atoms with van der Waals surface area (Å²) in [5.74, 6) is -0.376. The SMILES string of the molecule is CCOC(=O)CNCc1cc([N+](=O)[O-])ccc1Cl. The second kappa shape index (κ2) is 6.93. The van der Waals surface area contributed by atoms with Gasteiger partial charge in [-0.05, 0) is 18.6 Å². The Kier molecular flexibility index (Phi) is 5.54. The summed E-state index contributed by atoms with van der Waals surface area (Å²) in [6, 6.07) is 4.17. The highest BCUT2D eigenvalue weighted by molar-refractivity contribution is 6.31. The number of hydrogen-bond acceptors (Lipinski definition) is 5. The van der Waals surface area contributed by atoms with E-state index in [2.05, 4.69) is 5.32 Å². The van der Waals surface area contributed by atoms with Crippen molar-refractivity contribution in [1.82, 2.24) is 5.32 Å². The summed E-state index contributed by atoms with van der Waals surface area (Å²) < 4.78 is 4.73. The number of esters is 1. The summed E-state index contributed by atoms with van der Waals surface area (Å²) in [7, 11) is 0. The molecule has 6 nitrogen and oxygen atoms in total. The Labute approximate surface area is 109 Å². The number of carbonyl (C=O) groups excluding carboxylic acids is 1. The van der Waals surface area contributed by atoms with Gasteiger partial charge in [0.2, 0.25) is 0 Å². The predicted octanol–water partition coefficient (Wildman–Crippen LogP) is 1.90. The fraction of sp³-hybridized carbons (Fsp3) is 0.364. The molecule has 0 unspecified atom stereocenters. The molecule has 0 radical (unpaired) electrons. The van der Waals surface area contributed by atoms with Gasteiger partial charge in [-0.1, -0.05) is 11.6 Å². The zero-order valence-electron chi connectivity index (χ0n) is 9.81. The van der Waals surface area contributed by atoms with Crippen LogP contribution in [0.4, 0.5) is 5.69 Å². The summed E-state index contributed by atoms with van der Waals surface area (Å²) in [6.45, 7) is 2.33. The summed E-state index contributed by atoms with van der Waals surface area (Å²) in [5, 5.41) is 13.8.